The van der Waals surface area contributed by atoms with Crippen LogP contribution >= 0.6 is 0 Å². The summed E-state index contributed by atoms with van der Waals surface area (Å²) in [7, 11) is 0. The number of nitrogens with one attached hydrogen (secondary N) is 1. The highest BCUT2D eigenvalue weighted by molar-refractivity contribution is 6.03. The zero-order valence-electron chi connectivity index (χ0n) is 17.1. The minimum absolute atomic E-state index is 0.162. The molecule has 0 saturated heterocycles. The summed E-state index contributed by atoms with van der Waals surface area (Å²) in [6.07, 6.45) is 7.70. The summed E-state index contributed by atoms with van der Waals surface area (Å²) in [5, 5.41) is 7.58. The molecule has 1 amide bonds. The molecule has 0 atom stereocenters. The van der Waals surface area contributed by atoms with Crippen molar-refractivity contribution in [1.82, 2.24) is 19.3 Å². The van der Waals surface area contributed by atoms with E-state index in [1.807, 2.05) is 45.8 Å². The van der Waals surface area contributed by atoms with Gasteiger partial charge in [0.1, 0.15) is 12.4 Å². The second-order valence-corrected chi connectivity index (χ2v) is 8.41. The van der Waals surface area contributed by atoms with Gasteiger partial charge in [-0.15, -0.1) is 0 Å². The molecule has 3 aromatic rings. The Balaban J connectivity index is 1.47. The maximum Gasteiger partial charge on any atom is 0.276 e. The summed E-state index contributed by atoms with van der Waals surface area (Å²) in [5.41, 5.74) is 2.06. The van der Waals surface area contributed by atoms with Gasteiger partial charge in [-0.05, 0) is 51.8 Å². The van der Waals surface area contributed by atoms with Gasteiger partial charge in [-0.1, -0.05) is 12.1 Å². The van der Waals surface area contributed by atoms with Crippen LogP contribution in [0, 0.1) is 0 Å². The van der Waals surface area contributed by atoms with Crippen LogP contribution in [-0.2, 0) is 12.1 Å². The van der Waals surface area contributed by atoms with E-state index >= 15 is 0 Å². The third-order valence-electron chi connectivity index (χ3n) is 4.90. The van der Waals surface area contributed by atoms with Crippen molar-refractivity contribution in [2.45, 2.75) is 51.6 Å². The Morgan fingerprint density at radius 1 is 1.28 bits per heavy atom. The van der Waals surface area contributed by atoms with E-state index in [0.717, 1.165) is 18.5 Å². The van der Waals surface area contributed by atoms with Gasteiger partial charge >= 0.3 is 0 Å². The Morgan fingerprint density at radius 3 is 2.76 bits per heavy atom. The van der Waals surface area contributed by atoms with Gasteiger partial charge in [0.2, 0.25) is 0 Å². The van der Waals surface area contributed by atoms with Gasteiger partial charge in [0, 0.05) is 24.0 Å². The van der Waals surface area contributed by atoms with Gasteiger partial charge in [-0.25, -0.2) is 4.98 Å². The summed E-state index contributed by atoms with van der Waals surface area (Å²) >= 11 is 0. The van der Waals surface area contributed by atoms with Gasteiger partial charge < -0.3 is 14.6 Å². The van der Waals surface area contributed by atoms with Gasteiger partial charge in [-0.2, -0.15) is 5.10 Å². The monoisotopic (exact) mass is 393 g/mol. The molecule has 7 heteroatoms. The van der Waals surface area contributed by atoms with Crippen LogP contribution in [0.4, 0.5) is 5.69 Å². The SMILES string of the molecule is CC(C)(C)n1nc(C(=O)Nc2ccccc2OCCn2ccnc2)cc1C1CC1. The van der Waals surface area contributed by atoms with Crippen LogP contribution in [0.15, 0.2) is 49.1 Å². The Bertz CT molecular complexity index is 981. The van der Waals surface area contributed by atoms with E-state index in [2.05, 4.69) is 36.2 Å². The summed E-state index contributed by atoms with van der Waals surface area (Å²) in [4.78, 5) is 16.9. The molecule has 0 radical (unpaired) electrons. The fraction of sp³-hybridized carbons (Fsp3) is 0.409. The molecule has 0 spiro atoms. The van der Waals surface area contributed by atoms with E-state index in [4.69, 9.17) is 4.74 Å². The predicted octanol–water partition coefficient (Wildman–Crippen LogP) is 4.04. The number of amides is 1. The lowest BCUT2D eigenvalue weighted by atomic mass is 10.1. The van der Waals surface area contributed by atoms with E-state index in [0.29, 0.717) is 36.2 Å². The van der Waals surface area contributed by atoms with Crippen LogP contribution in [-0.4, -0.2) is 31.8 Å². The number of rotatable bonds is 7. The molecular weight excluding hydrogens is 366 g/mol. The molecule has 1 aliphatic rings. The summed E-state index contributed by atoms with van der Waals surface area (Å²) in [6.45, 7) is 7.49. The summed E-state index contributed by atoms with van der Waals surface area (Å²) < 4.78 is 9.83. The molecule has 2 heterocycles. The average Bonchev–Trinajstić information content (AvgIpc) is 3.20. The average molecular weight is 393 g/mol. The molecule has 152 valence electrons. The number of anilines is 1. The van der Waals surface area contributed by atoms with E-state index in [1.165, 1.54) is 0 Å². The summed E-state index contributed by atoms with van der Waals surface area (Å²) in [6, 6.07) is 9.39. The topological polar surface area (TPSA) is 74.0 Å². The molecule has 4 rings (SSSR count). The van der Waals surface area contributed by atoms with Gasteiger partial charge in [-0.3, -0.25) is 9.48 Å². The zero-order valence-corrected chi connectivity index (χ0v) is 17.1. The highest BCUT2D eigenvalue weighted by Crippen LogP contribution is 2.41. The molecule has 1 aromatic carbocycles. The molecule has 0 aliphatic heterocycles. The molecule has 29 heavy (non-hydrogen) atoms. The first kappa shape index (κ1) is 19.2. The number of benzene rings is 1. The van der Waals surface area contributed by atoms with E-state index < -0.39 is 0 Å². The largest absolute Gasteiger partial charge is 0.490 e. The standard InChI is InChI=1S/C22H27N5O2/c1-22(2,3)27-19(16-8-9-16)14-18(25-27)21(28)24-17-6-4-5-7-20(17)29-13-12-26-11-10-23-15-26/h4-7,10-11,14-16H,8-9,12-13H2,1-3H3,(H,24,28). The van der Waals surface area contributed by atoms with Crippen LogP contribution < -0.4 is 10.1 Å². The van der Waals surface area contributed by atoms with Gasteiger partial charge in [0.25, 0.3) is 5.91 Å². The highest BCUT2D eigenvalue weighted by Gasteiger charge is 2.32. The number of hydrogen-bond donors (Lipinski definition) is 1. The predicted molar refractivity (Wildman–Crippen MR) is 111 cm³/mol. The minimum atomic E-state index is -0.222. The second-order valence-electron chi connectivity index (χ2n) is 8.41. The van der Waals surface area contributed by atoms with Crippen LogP contribution in [0.1, 0.15) is 55.7 Å². The third kappa shape index (κ3) is 4.50. The number of para-hydroxylation sites is 2. The number of carbonyl (C=O) groups excluding carboxylic acids is 1. The van der Waals surface area contributed by atoms with E-state index in [-0.39, 0.29) is 11.4 Å². The van der Waals surface area contributed by atoms with Crippen molar-refractivity contribution >= 4 is 11.6 Å². The quantitative estimate of drug-likeness (QED) is 0.657. The molecule has 1 saturated carbocycles. The van der Waals surface area contributed by atoms with E-state index in [9.17, 15) is 4.79 Å². The fourth-order valence-electron chi connectivity index (χ4n) is 3.28. The van der Waals surface area contributed by atoms with Crippen LogP contribution in [0.2, 0.25) is 0 Å². The van der Waals surface area contributed by atoms with Crippen LogP contribution in [0.5, 0.6) is 5.75 Å². The number of aromatic nitrogens is 4. The van der Waals surface area contributed by atoms with Crippen molar-refractivity contribution in [1.29, 1.82) is 0 Å². The Labute approximate surface area is 170 Å². The molecule has 1 aliphatic carbocycles. The molecule has 7 nitrogen and oxygen atoms in total. The van der Waals surface area contributed by atoms with Crippen molar-refractivity contribution < 1.29 is 9.53 Å². The van der Waals surface area contributed by atoms with E-state index in [1.54, 1.807) is 12.5 Å². The van der Waals surface area contributed by atoms with Crippen molar-refractivity contribution in [3.63, 3.8) is 0 Å². The van der Waals surface area contributed by atoms with Crippen LogP contribution in [0.3, 0.4) is 0 Å². The third-order valence-corrected chi connectivity index (χ3v) is 4.90. The lowest BCUT2D eigenvalue weighted by molar-refractivity contribution is 0.102. The zero-order chi connectivity index (χ0) is 20.4. The van der Waals surface area contributed by atoms with Crippen LogP contribution in [0.25, 0.3) is 0 Å². The Morgan fingerprint density at radius 2 is 2.07 bits per heavy atom. The molecule has 0 unspecified atom stereocenters. The molecule has 0 bridgehead atoms. The molecular formula is C22H27N5O2. The summed E-state index contributed by atoms with van der Waals surface area (Å²) in [5.74, 6) is 0.932. The smallest absolute Gasteiger partial charge is 0.276 e. The Hall–Kier alpha value is -3.09. The normalized spacial score (nSPS) is 14.0. The molecule has 1 fully saturated rings. The minimum Gasteiger partial charge on any atom is -0.490 e. The lowest BCUT2D eigenvalue weighted by Crippen LogP contribution is -2.25. The molecule has 2 aromatic heterocycles. The van der Waals surface area contributed by atoms with Crippen molar-refractivity contribution in [2.24, 2.45) is 0 Å². The number of nitrogens with zero attached hydrogens (tertiary/aromatic N) is 4. The first-order chi connectivity index (χ1) is 13.9. The lowest BCUT2D eigenvalue weighted by Gasteiger charge is -2.22. The second kappa shape index (κ2) is 7.73. The number of hydrogen-bond acceptors (Lipinski definition) is 4. The van der Waals surface area contributed by atoms with Crippen molar-refractivity contribution in [2.75, 3.05) is 11.9 Å². The van der Waals surface area contributed by atoms with Gasteiger partial charge in [0.05, 0.1) is 24.1 Å². The Kier molecular flexibility index (Phi) is 5.13. The maximum atomic E-state index is 12.9. The molecule has 1 N–H and O–H groups in total. The fourth-order valence-corrected chi connectivity index (χ4v) is 3.28. The number of imidazole rings is 1. The maximum absolute atomic E-state index is 12.9. The van der Waals surface area contributed by atoms with Gasteiger partial charge in [0.15, 0.2) is 5.69 Å². The first-order valence-corrected chi connectivity index (χ1v) is 10.0. The van der Waals surface area contributed by atoms with Crippen molar-refractivity contribution in [3.05, 3.63) is 60.4 Å². The number of ether oxygens (including phenoxy) is 1. The van der Waals surface area contributed by atoms with Crippen molar-refractivity contribution in [3.8, 4) is 5.75 Å². The number of carbonyl (C=O) groups is 1. The highest BCUT2D eigenvalue weighted by atomic mass is 16.5. The first-order valence-electron chi connectivity index (χ1n) is 10.0.